The fourth-order valence-corrected chi connectivity index (χ4v) is 5.62. The Morgan fingerprint density at radius 3 is 2.45 bits per heavy atom. The van der Waals surface area contributed by atoms with Gasteiger partial charge in [0.1, 0.15) is 4.90 Å². The zero-order valence-corrected chi connectivity index (χ0v) is 13.0. The molecule has 1 aromatic heterocycles. The van der Waals surface area contributed by atoms with Gasteiger partial charge in [0.15, 0.2) is 4.67 Å². The average molecular weight is 364 g/mol. The van der Waals surface area contributed by atoms with Gasteiger partial charge in [0.2, 0.25) is 15.8 Å². The van der Waals surface area contributed by atoms with Crippen molar-refractivity contribution in [3.63, 3.8) is 0 Å². The molecule has 2 atom stereocenters. The Hall–Kier alpha value is -0.860. The molecule has 6 nitrogen and oxygen atoms in total. The predicted octanol–water partition coefficient (Wildman–Crippen LogP) is 2.16. The van der Waals surface area contributed by atoms with E-state index in [1.165, 1.54) is 10.7 Å². The first-order valence-corrected chi connectivity index (χ1v) is 8.65. The second kappa shape index (κ2) is 4.85. The molecule has 1 aromatic rings. The highest BCUT2D eigenvalue weighted by atomic mass is 79.9. The molecule has 0 amide bonds. The molecule has 2 unspecified atom stereocenters. The van der Waals surface area contributed by atoms with Gasteiger partial charge < -0.3 is 9.52 Å². The van der Waals surface area contributed by atoms with Crippen LogP contribution in [0.25, 0.3) is 0 Å². The Morgan fingerprint density at radius 1 is 1.35 bits per heavy atom. The standard InChI is InChI=1S/C12H14BrNO5S/c13-11-10(4-9(19-11)12(15)16)20(17,18)14-5-7-2-1-3-8(7)6-14/h4,7-8H,1-3,5-6H2,(H,15,16). The van der Waals surface area contributed by atoms with Crippen molar-refractivity contribution in [1.29, 1.82) is 0 Å². The van der Waals surface area contributed by atoms with Gasteiger partial charge in [0.25, 0.3) is 0 Å². The van der Waals surface area contributed by atoms with E-state index in [1.54, 1.807) is 0 Å². The molecule has 110 valence electrons. The van der Waals surface area contributed by atoms with Crippen LogP contribution in [0.4, 0.5) is 0 Å². The molecule has 3 rings (SSSR count). The smallest absolute Gasteiger partial charge is 0.371 e. The molecule has 2 aliphatic rings. The first-order chi connectivity index (χ1) is 9.39. The summed E-state index contributed by atoms with van der Waals surface area (Å²) in [6.07, 6.45) is 3.31. The number of carboxylic acids is 1. The Balaban J connectivity index is 1.91. The first-order valence-electron chi connectivity index (χ1n) is 6.42. The van der Waals surface area contributed by atoms with Crippen molar-refractivity contribution in [3.8, 4) is 0 Å². The Labute approximate surface area is 124 Å². The van der Waals surface area contributed by atoms with Crippen LogP contribution in [0.3, 0.4) is 0 Å². The third kappa shape index (κ3) is 2.19. The van der Waals surface area contributed by atoms with Gasteiger partial charge in [-0.3, -0.25) is 0 Å². The Kier molecular flexibility index (Phi) is 3.42. The Bertz CT molecular complexity index is 641. The molecule has 0 radical (unpaired) electrons. The van der Waals surface area contributed by atoms with Crippen molar-refractivity contribution in [2.75, 3.05) is 13.1 Å². The third-order valence-electron chi connectivity index (χ3n) is 4.18. The fraction of sp³-hybridized carbons (Fsp3) is 0.583. The van der Waals surface area contributed by atoms with E-state index < -0.39 is 16.0 Å². The van der Waals surface area contributed by atoms with Crippen LogP contribution in [0.15, 0.2) is 20.0 Å². The molecule has 0 aromatic carbocycles. The van der Waals surface area contributed by atoms with Gasteiger partial charge in [0.05, 0.1) is 0 Å². The van der Waals surface area contributed by atoms with Crippen molar-refractivity contribution >= 4 is 31.9 Å². The van der Waals surface area contributed by atoms with Crippen molar-refractivity contribution in [3.05, 3.63) is 16.5 Å². The number of furan rings is 1. The zero-order chi connectivity index (χ0) is 14.5. The predicted molar refractivity (Wildman–Crippen MR) is 73.0 cm³/mol. The summed E-state index contributed by atoms with van der Waals surface area (Å²) in [6.45, 7) is 1.04. The summed E-state index contributed by atoms with van der Waals surface area (Å²) >= 11 is 2.99. The topological polar surface area (TPSA) is 87.8 Å². The summed E-state index contributed by atoms with van der Waals surface area (Å²) in [5, 5.41) is 8.86. The summed E-state index contributed by atoms with van der Waals surface area (Å²) in [4.78, 5) is 10.7. The van der Waals surface area contributed by atoms with Crippen LogP contribution >= 0.6 is 15.9 Å². The largest absolute Gasteiger partial charge is 0.475 e. The summed E-state index contributed by atoms with van der Waals surface area (Å²) in [6, 6.07) is 1.07. The molecule has 8 heteroatoms. The van der Waals surface area contributed by atoms with Crippen LogP contribution in [0, 0.1) is 11.8 Å². The van der Waals surface area contributed by atoms with Gasteiger partial charge in [-0.15, -0.1) is 0 Å². The van der Waals surface area contributed by atoms with E-state index in [1.807, 2.05) is 0 Å². The molecule has 1 saturated carbocycles. The third-order valence-corrected chi connectivity index (χ3v) is 6.87. The minimum Gasteiger partial charge on any atom is -0.475 e. The highest BCUT2D eigenvalue weighted by molar-refractivity contribution is 9.10. The number of hydrogen-bond donors (Lipinski definition) is 1. The summed E-state index contributed by atoms with van der Waals surface area (Å²) < 4.78 is 31.5. The van der Waals surface area contributed by atoms with Crippen LogP contribution in [-0.4, -0.2) is 36.9 Å². The minimum absolute atomic E-state index is 0.0491. The van der Waals surface area contributed by atoms with Gasteiger partial charge in [-0.2, -0.15) is 4.31 Å². The quantitative estimate of drug-likeness (QED) is 0.888. The molecule has 1 aliphatic heterocycles. The van der Waals surface area contributed by atoms with E-state index in [-0.39, 0.29) is 15.3 Å². The second-order valence-electron chi connectivity index (χ2n) is 5.33. The van der Waals surface area contributed by atoms with Crippen LogP contribution in [0.5, 0.6) is 0 Å². The number of sulfonamides is 1. The lowest BCUT2D eigenvalue weighted by atomic mass is 10.0. The maximum Gasteiger partial charge on any atom is 0.371 e. The number of carbonyl (C=O) groups is 1. The summed E-state index contributed by atoms with van der Waals surface area (Å²) in [5.41, 5.74) is 0. The van der Waals surface area contributed by atoms with Crippen LogP contribution < -0.4 is 0 Å². The van der Waals surface area contributed by atoms with E-state index in [0.717, 1.165) is 18.9 Å². The molecule has 1 N–H and O–H groups in total. The lowest BCUT2D eigenvalue weighted by Crippen LogP contribution is -2.29. The number of carboxylic acid groups (broad SMARTS) is 1. The number of halogens is 1. The summed E-state index contributed by atoms with van der Waals surface area (Å²) in [5.74, 6) is -0.788. The molecule has 0 spiro atoms. The zero-order valence-electron chi connectivity index (χ0n) is 10.6. The van der Waals surface area contributed by atoms with Crippen LogP contribution in [0.1, 0.15) is 29.8 Å². The number of hydrogen-bond acceptors (Lipinski definition) is 4. The van der Waals surface area contributed by atoms with E-state index in [4.69, 9.17) is 9.52 Å². The maximum absolute atomic E-state index is 12.6. The van der Waals surface area contributed by atoms with Crippen molar-refractivity contribution in [1.82, 2.24) is 4.31 Å². The molecule has 2 heterocycles. The molecular weight excluding hydrogens is 350 g/mol. The average Bonchev–Trinajstić information content (AvgIpc) is 3.00. The fourth-order valence-electron chi connectivity index (χ4n) is 3.16. The lowest BCUT2D eigenvalue weighted by molar-refractivity contribution is 0.0661. The number of aromatic carboxylic acids is 1. The SMILES string of the molecule is O=C(O)c1cc(S(=O)(=O)N2CC3CCCC3C2)c(Br)o1. The van der Waals surface area contributed by atoms with Gasteiger partial charge >= 0.3 is 5.97 Å². The van der Waals surface area contributed by atoms with Crippen molar-refractivity contribution in [2.45, 2.75) is 24.2 Å². The number of nitrogens with zero attached hydrogens (tertiary/aromatic N) is 1. The first kappa shape index (κ1) is 14.1. The lowest BCUT2D eigenvalue weighted by Gasteiger charge is -2.16. The number of fused-ring (bicyclic) bond motifs is 1. The van der Waals surface area contributed by atoms with Crippen molar-refractivity contribution in [2.24, 2.45) is 11.8 Å². The molecule has 20 heavy (non-hydrogen) atoms. The van der Waals surface area contributed by atoms with Gasteiger partial charge in [-0.1, -0.05) is 6.42 Å². The second-order valence-corrected chi connectivity index (χ2v) is 7.95. The monoisotopic (exact) mass is 363 g/mol. The molecule has 1 aliphatic carbocycles. The van der Waals surface area contributed by atoms with Crippen LogP contribution in [0.2, 0.25) is 0 Å². The highest BCUT2D eigenvalue weighted by Crippen LogP contribution is 2.40. The highest BCUT2D eigenvalue weighted by Gasteiger charge is 2.42. The molecule has 1 saturated heterocycles. The van der Waals surface area contributed by atoms with E-state index >= 15 is 0 Å². The van der Waals surface area contributed by atoms with Gasteiger partial charge in [0, 0.05) is 19.2 Å². The normalized spacial score (nSPS) is 26.9. The summed E-state index contributed by atoms with van der Waals surface area (Å²) in [7, 11) is -3.69. The van der Waals surface area contributed by atoms with Crippen molar-refractivity contribution < 1.29 is 22.7 Å². The molecular formula is C12H14BrNO5S. The molecule has 0 bridgehead atoms. The number of rotatable bonds is 3. The van der Waals surface area contributed by atoms with Crippen LogP contribution in [-0.2, 0) is 10.0 Å². The molecule has 2 fully saturated rings. The van der Waals surface area contributed by atoms with E-state index in [9.17, 15) is 13.2 Å². The van der Waals surface area contributed by atoms with Gasteiger partial charge in [-0.25, -0.2) is 13.2 Å². The minimum atomic E-state index is -3.69. The van der Waals surface area contributed by atoms with E-state index in [0.29, 0.717) is 24.9 Å². The maximum atomic E-state index is 12.6. The van der Waals surface area contributed by atoms with E-state index in [2.05, 4.69) is 15.9 Å². The Morgan fingerprint density at radius 2 is 1.95 bits per heavy atom. The van der Waals surface area contributed by atoms with Gasteiger partial charge in [-0.05, 0) is 40.6 Å².